The molecule has 0 bridgehead atoms. The van der Waals surface area contributed by atoms with Crippen LogP contribution in [0.25, 0.3) is 0 Å². The molecule has 1 aromatic carbocycles. The van der Waals surface area contributed by atoms with E-state index in [2.05, 4.69) is 12.2 Å². The van der Waals surface area contributed by atoms with Gasteiger partial charge in [0, 0.05) is 12.1 Å². The molecule has 2 heteroatoms. The zero-order valence-electron chi connectivity index (χ0n) is 8.96. The second-order valence-corrected chi connectivity index (χ2v) is 4.92. The monoisotopic (exact) mass is 205 g/mol. The lowest BCUT2D eigenvalue weighted by Gasteiger charge is -2.13. The van der Waals surface area contributed by atoms with Crippen molar-refractivity contribution < 1.29 is 4.39 Å². The summed E-state index contributed by atoms with van der Waals surface area (Å²) in [6.07, 6.45) is 3.45. The average Bonchev–Trinajstić information content (AvgIpc) is 2.74. The number of rotatable bonds is 2. The first-order valence-corrected chi connectivity index (χ1v) is 5.78. The number of aryl methyl sites for hydroxylation is 1. The summed E-state index contributed by atoms with van der Waals surface area (Å²) in [5.74, 6) is 0.726. The quantitative estimate of drug-likeness (QED) is 0.782. The summed E-state index contributed by atoms with van der Waals surface area (Å²) in [5, 5.41) is 3.66. The van der Waals surface area contributed by atoms with E-state index < -0.39 is 0 Å². The highest BCUT2D eigenvalue weighted by molar-refractivity contribution is 5.35. The van der Waals surface area contributed by atoms with Crippen LogP contribution in [0.3, 0.4) is 0 Å². The van der Waals surface area contributed by atoms with E-state index >= 15 is 0 Å². The zero-order chi connectivity index (χ0) is 10.4. The van der Waals surface area contributed by atoms with Crippen molar-refractivity contribution in [2.24, 2.45) is 5.92 Å². The predicted octanol–water partition coefficient (Wildman–Crippen LogP) is 2.81. The van der Waals surface area contributed by atoms with Gasteiger partial charge in [-0.05, 0) is 48.4 Å². The van der Waals surface area contributed by atoms with Crippen LogP contribution in [0, 0.1) is 11.7 Å². The van der Waals surface area contributed by atoms with Gasteiger partial charge in [0.05, 0.1) is 0 Å². The van der Waals surface area contributed by atoms with Gasteiger partial charge in [0.1, 0.15) is 5.82 Å². The number of hydrogen-bond acceptors (Lipinski definition) is 1. The van der Waals surface area contributed by atoms with Gasteiger partial charge in [0.25, 0.3) is 0 Å². The molecular weight excluding hydrogens is 189 g/mol. The largest absolute Gasteiger partial charge is 0.307 e. The van der Waals surface area contributed by atoms with Gasteiger partial charge in [-0.2, -0.15) is 0 Å². The minimum absolute atomic E-state index is 0.103. The summed E-state index contributed by atoms with van der Waals surface area (Å²) in [4.78, 5) is 0. The fourth-order valence-corrected chi connectivity index (χ4v) is 2.57. The molecule has 15 heavy (non-hydrogen) atoms. The number of halogens is 1. The van der Waals surface area contributed by atoms with E-state index in [9.17, 15) is 4.39 Å². The van der Waals surface area contributed by atoms with Gasteiger partial charge < -0.3 is 5.32 Å². The minimum Gasteiger partial charge on any atom is -0.307 e. The third-order valence-corrected chi connectivity index (χ3v) is 3.71. The topological polar surface area (TPSA) is 12.0 Å². The van der Waals surface area contributed by atoms with Crippen molar-refractivity contribution in [3.05, 3.63) is 35.1 Å². The second-order valence-electron chi connectivity index (χ2n) is 4.92. The Balaban J connectivity index is 1.79. The Bertz CT molecular complexity index is 388. The van der Waals surface area contributed by atoms with Crippen molar-refractivity contribution in [1.29, 1.82) is 0 Å². The van der Waals surface area contributed by atoms with Crippen LogP contribution in [0.15, 0.2) is 18.2 Å². The molecule has 80 valence electrons. The highest BCUT2D eigenvalue weighted by atomic mass is 19.1. The molecule has 0 amide bonds. The molecule has 1 N–H and O–H groups in total. The molecule has 1 nitrogen and oxygen atoms in total. The second kappa shape index (κ2) is 3.31. The van der Waals surface area contributed by atoms with Crippen molar-refractivity contribution in [1.82, 2.24) is 5.32 Å². The molecule has 0 heterocycles. The maximum Gasteiger partial charge on any atom is 0.123 e. The maximum absolute atomic E-state index is 13.0. The van der Waals surface area contributed by atoms with Gasteiger partial charge >= 0.3 is 0 Å². The Morgan fingerprint density at radius 3 is 2.93 bits per heavy atom. The van der Waals surface area contributed by atoms with E-state index in [1.807, 2.05) is 6.07 Å². The molecule has 2 aliphatic carbocycles. The molecule has 0 saturated heterocycles. The van der Waals surface area contributed by atoms with E-state index in [4.69, 9.17) is 0 Å². The van der Waals surface area contributed by atoms with Crippen LogP contribution in [0.1, 0.15) is 36.9 Å². The van der Waals surface area contributed by atoms with E-state index in [-0.39, 0.29) is 5.82 Å². The Morgan fingerprint density at radius 2 is 2.20 bits per heavy atom. The fourth-order valence-electron chi connectivity index (χ4n) is 2.57. The summed E-state index contributed by atoms with van der Waals surface area (Å²) in [7, 11) is 0. The average molecular weight is 205 g/mol. The Labute approximate surface area is 89.7 Å². The van der Waals surface area contributed by atoms with Gasteiger partial charge in [0.15, 0.2) is 0 Å². The summed E-state index contributed by atoms with van der Waals surface area (Å²) in [5.41, 5.74) is 2.51. The molecule has 3 unspecified atom stereocenters. The lowest BCUT2D eigenvalue weighted by Crippen LogP contribution is -2.22. The van der Waals surface area contributed by atoms with Gasteiger partial charge in [-0.1, -0.05) is 13.0 Å². The molecule has 3 atom stereocenters. The number of hydrogen-bond donors (Lipinski definition) is 1. The summed E-state index contributed by atoms with van der Waals surface area (Å²) in [6, 6.07) is 6.38. The summed E-state index contributed by atoms with van der Waals surface area (Å²) in [6.45, 7) is 2.28. The minimum atomic E-state index is -0.103. The lowest BCUT2D eigenvalue weighted by atomic mass is 10.1. The Kier molecular flexibility index (Phi) is 2.06. The highest BCUT2D eigenvalue weighted by Gasteiger charge is 2.35. The van der Waals surface area contributed by atoms with Crippen LogP contribution < -0.4 is 5.32 Å². The maximum atomic E-state index is 13.0. The molecule has 3 rings (SSSR count). The molecule has 0 aliphatic heterocycles. The molecule has 0 radical (unpaired) electrons. The highest BCUT2D eigenvalue weighted by Crippen LogP contribution is 2.37. The van der Waals surface area contributed by atoms with Crippen molar-refractivity contribution in [2.75, 3.05) is 0 Å². The van der Waals surface area contributed by atoms with Gasteiger partial charge in [0.2, 0.25) is 0 Å². The lowest BCUT2D eigenvalue weighted by molar-refractivity contribution is 0.513. The van der Waals surface area contributed by atoms with E-state index in [0.29, 0.717) is 12.1 Å². The number of fused-ring (bicyclic) bond motifs is 1. The van der Waals surface area contributed by atoms with Crippen LogP contribution in [0.5, 0.6) is 0 Å². The number of benzene rings is 1. The molecule has 2 aliphatic rings. The van der Waals surface area contributed by atoms with Crippen molar-refractivity contribution >= 4 is 0 Å². The van der Waals surface area contributed by atoms with Gasteiger partial charge in [-0.25, -0.2) is 4.39 Å². The summed E-state index contributed by atoms with van der Waals surface area (Å²) < 4.78 is 13.0. The van der Waals surface area contributed by atoms with E-state index in [1.54, 1.807) is 12.1 Å². The van der Waals surface area contributed by atoms with Crippen LogP contribution in [0.2, 0.25) is 0 Å². The van der Waals surface area contributed by atoms with Crippen LogP contribution >= 0.6 is 0 Å². The Hall–Kier alpha value is -0.890. The molecular formula is C13H16FN. The third-order valence-electron chi connectivity index (χ3n) is 3.71. The van der Waals surface area contributed by atoms with Crippen LogP contribution in [0.4, 0.5) is 4.39 Å². The standard InChI is InChI=1S/C13H16FN/c1-8-6-13(8)15-12-5-2-9-7-10(14)3-4-11(9)12/h3-4,7-8,12-13,15H,2,5-6H2,1H3. The molecule has 1 saturated carbocycles. The Morgan fingerprint density at radius 1 is 1.40 bits per heavy atom. The molecule has 0 spiro atoms. The smallest absolute Gasteiger partial charge is 0.123 e. The third kappa shape index (κ3) is 1.67. The van der Waals surface area contributed by atoms with Gasteiger partial charge in [-0.15, -0.1) is 0 Å². The van der Waals surface area contributed by atoms with Crippen LogP contribution in [-0.4, -0.2) is 6.04 Å². The van der Waals surface area contributed by atoms with Crippen molar-refractivity contribution in [3.8, 4) is 0 Å². The molecule has 1 fully saturated rings. The summed E-state index contributed by atoms with van der Waals surface area (Å²) >= 11 is 0. The zero-order valence-corrected chi connectivity index (χ0v) is 8.96. The number of nitrogens with one attached hydrogen (secondary N) is 1. The van der Waals surface area contributed by atoms with E-state index in [1.165, 1.54) is 17.5 Å². The first kappa shape index (κ1) is 9.34. The van der Waals surface area contributed by atoms with Crippen LogP contribution in [-0.2, 0) is 6.42 Å². The first-order valence-electron chi connectivity index (χ1n) is 5.78. The van der Waals surface area contributed by atoms with Gasteiger partial charge in [-0.3, -0.25) is 0 Å². The molecule has 0 aromatic heterocycles. The normalized spacial score (nSPS) is 32.8. The van der Waals surface area contributed by atoms with Crippen molar-refractivity contribution in [3.63, 3.8) is 0 Å². The van der Waals surface area contributed by atoms with Crippen molar-refractivity contribution in [2.45, 2.75) is 38.3 Å². The SMILES string of the molecule is CC1CC1NC1CCc2cc(F)ccc21. The predicted molar refractivity (Wildman–Crippen MR) is 58.2 cm³/mol. The first-order chi connectivity index (χ1) is 7.24. The fraction of sp³-hybridized carbons (Fsp3) is 0.538. The molecule has 1 aromatic rings. The van der Waals surface area contributed by atoms with E-state index in [0.717, 1.165) is 18.8 Å².